The number of aromatic nitrogens is 4. The molecule has 0 radical (unpaired) electrons. The lowest BCUT2D eigenvalue weighted by Crippen LogP contribution is -2.28. The molecule has 0 aliphatic rings. The summed E-state index contributed by atoms with van der Waals surface area (Å²) in [7, 11) is -5.77. The lowest BCUT2D eigenvalue weighted by atomic mass is 9.92. The lowest BCUT2D eigenvalue weighted by Gasteiger charge is -2.19. The van der Waals surface area contributed by atoms with E-state index >= 15 is 0 Å². The normalized spacial score (nSPS) is 13.0. The maximum absolute atomic E-state index is 13.3. The zero-order valence-corrected chi connectivity index (χ0v) is 21.9. The first kappa shape index (κ1) is 25.8. The Kier molecular flexibility index (Phi) is 7.19. The van der Waals surface area contributed by atoms with Gasteiger partial charge in [0.1, 0.15) is 16.8 Å². The number of H-pyrrole nitrogens is 1. The smallest absolute Gasteiger partial charge is 0.503 e. The first-order chi connectivity index (χ1) is 15.6. The Morgan fingerprint density at radius 2 is 1.94 bits per heavy atom. The van der Waals surface area contributed by atoms with Crippen LogP contribution in [0.1, 0.15) is 46.7 Å². The van der Waals surface area contributed by atoms with Crippen molar-refractivity contribution < 1.29 is 18.1 Å². The summed E-state index contributed by atoms with van der Waals surface area (Å²) in [6.45, 7) is 10.5. The van der Waals surface area contributed by atoms with Gasteiger partial charge in [-0.15, -0.1) is 0 Å². The number of nitrogens with one attached hydrogen (secondary N) is 2. The Balaban J connectivity index is 2.20. The number of hydrogen-bond acceptors (Lipinski definition) is 7. The molecule has 34 heavy (non-hydrogen) atoms. The molecule has 2 aromatic heterocycles. The van der Waals surface area contributed by atoms with Gasteiger partial charge in [-0.2, -0.15) is 9.85 Å². The van der Waals surface area contributed by atoms with Gasteiger partial charge in [-0.25, -0.2) is 18.1 Å². The van der Waals surface area contributed by atoms with Crippen molar-refractivity contribution in [3.63, 3.8) is 0 Å². The van der Waals surface area contributed by atoms with Gasteiger partial charge in [-0.3, -0.25) is 9.52 Å². The van der Waals surface area contributed by atoms with Crippen molar-refractivity contribution in [1.29, 1.82) is 0 Å². The summed E-state index contributed by atoms with van der Waals surface area (Å²) in [6, 6.07) is 4.44. The van der Waals surface area contributed by atoms with Gasteiger partial charge in [0.25, 0.3) is 5.56 Å². The topological polar surface area (TPSA) is 147 Å². The van der Waals surface area contributed by atoms with Gasteiger partial charge in [0.2, 0.25) is 15.1 Å². The first-order valence-corrected chi connectivity index (χ1v) is 14.1. The molecule has 0 aliphatic carbocycles. The molecule has 1 unspecified atom stereocenters. The third kappa shape index (κ3) is 6.21. The molecule has 3 N–H and O–H groups in total. The van der Waals surface area contributed by atoms with E-state index in [1.54, 1.807) is 0 Å². The minimum Gasteiger partial charge on any atom is -0.505 e. The Labute approximate surface area is 199 Å². The van der Waals surface area contributed by atoms with Crippen LogP contribution in [0.2, 0.25) is 0 Å². The molecule has 0 spiro atoms. The van der Waals surface area contributed by atoms with Crippen molar-refractivity contribution in [3.05, 3.63) is 34.2 Å². The predicted molar refractivity (Wildman–Crippen MR) is 134 cm³/mol. The second kappa shape index (κ2) is 9.46. The average Bonchev–Trinajstić information content (AvgIpc) is 2.67. The van der Waals surface area contributed by atoms with Gasteiger partial charge in [-0.1, -0.05) is 34.6 Å². The fourth-order valence-electron chi connectivity index (χ4n) is 3.42. The fraction of sp³-hybridized carbons (Fsp3) is 0.500. The summed E-state index contributed by atoms with van der Waals surface area (Å²) in [6.07, 6.45) is 2.16. The summed E-state index contributed by atoms with van der Waals surface area (Å²) < 4.78 is 42.4. The molecule has 0 amide bonds. The van der Waals surface area contributed by atoms with Crippen LogP contribution in [-0.2, 0) is 27.6 Å². The Morgan fingerprint density at radius 1 is 1.26 bits per heavy atom. The molecule has 0 fully saturated rings. The number of nitrogens with zero attached hydrogens (tertiary/aromatic N) is 3. The Morgan fingerprint density at radius 3 is 2.53 bits per heavy atom. The molecule has 0 aliphatic heterocycles. The van der Waals surface area contributed by atoms with Gasteiger partial charge in [-0.05, 0) is 40.9 Å². The summed E-state index contributed by atoms with van der Waals surface area (Å²) in [5, 5.41) is 15.7. The first-order valence-electron chi connectivity index (χ1n) is 10.9. The number of hydrogen-bond donors (Lipinski definition) is 3. The van der Waals surface area contributed by atoms with Crippen LogP contribution in [0, 0.1) is 11.3 Å². The number of aryl methyl sites for hydroxylation is 1. The molecular weight excluding hydrogens is 477 g/mol. The third-order valence-corrected chi connectivity index (χ3v) is 6.87. The quantitative estimate of drug-likeness (QED) is 0.432. The number of fused-ring (bicyclic) bond motifs is 1. The van der Waals surface area contributed by atoms with Crippen molar-refractivity contribution in [2.24, 2.45) is 11.3 Å². The molecule has 0 saturated heterocycles. The van der Waals surface area contributed by atoms with E-state index in [0.717, 1.165) is 6.26 Å². The van der Waals surface area contributed by atoms with E-state index < -0.39 is 23.2 Å². The largest absolute Gasteiger partial charge is 0.505 e. The molecule has 0 saturated carbocycles. The molecule has 3 rings (SSSR count). The molecule has 10 nitrogen and oxygen atoms in total. The van der Waals surface area contributed by atoms with Gasteiger partial charge in [0.15, 0.2) is 11.6 Å². The number of sulfonamides is 1. The minimum absolute atomic E-state index is 0.00292. The SMILES string of the molecule is CC(C)Cc1nn(CCC(C)(C)C)c(=O)c(-c2nc3ccc(NS(C)(=O)=O)cc3[p+](=O)[nH]2)c1O. The predicted octanol–water partition coefficient (Wildman–Crippen LogP) is 4.24. The third-order valence-electron chi connectivity index (χ3n) is 5.05. The highest BCUT2D eigenvalue weighted by Crippen LogP contribution is 2.33. The molecule has 184 valence electrons. The van der Waals surface area contributed by atoms with E-state index in [0.29, 0.717) is 30.6 Å². The fourth-order valence-corrected chi connectivity index (χ4v) is 5.03. The van der Waals surface area contributed by atoms with Crippen molar-refractivity contribution in [3.8, 4) is 17.1 Å². The maximum Gasteiger partial charge on any atom is 0.503 e. The summed E-state index contributed by atoms with van der Waals surface area (Å²) >= 11 is 0. The van der Waals surface area contributed by atoms with E-state index in [2.05, 4.69) is 40.3 Å². The molecule has 12 heteroatoms. The number of anilines is 1. The van der Waals surface area contributed by atoms with Gasteiger partial charge >= 0.3 is 7.57 Å². The van der Waals surface area contributed by atoms with Crippen LogP contribution in [0.3, 0.4) is 0 Å². The van der Waals surface area contributed by atoms with Crippen LogP contribution in [-0.4, -0.2) is 39.3 Å². The monoisotopic (exact) mass is 508 g/mol. The van der Waals surface area contributed by atoms with Gasteiger partial charge in [0.05, 0.1) is 11.9 Å². The van der Waals surface area contributed by atoms with Crippen molar-refractivity contribution in [2.75, 3.05) is 11.0 Å². The molecular formula is C22H31N5O5PS+. The standard InChI is InChI=1S/C22H30N5O5PS/c1-13(2)11-16-19(28)18(21(29)27(24-16)10-9-22(3,4)5)20-23-15-8-7-14(26-34(6,31)32)12-17(15)33(30)25-20/h7-8,12-13H,9-11H2,1-6H3,(H2-,23,24,25,26,28,29,30)/p+1. The second-order valence-electron chi connectivity index (χ2n) is 10.1. The van der Waals surface area contributed by atoms with E-state index in [9.17, 15) is 22.9 Å². The molecule has 2 heterocycles. The summed E-state index contributed by atoms with van der Waals surface area (Å²) in [4.78, 5) is 17.8. The van der Waals surface area contributed by atoms with Crippen molar-refractivity contribution >= 4 is 33.9 Å². The van der Waals surface area contributed by atoms with Crippen molar-refractivity contribution in [1.82, 2.24) is 19.5 Å². The summed E-state index contributed by atoms with van der Waals surface area (Å²) in [5.41, 5.74) is 0.306. The van der Waals surface area contributed by atoms with Crippen LogP contribution < -0.4 is 10.3 Å². The maximum atomic E-state index is 13.3. The molecule has 1 atom stereocenters. The average molecular weight is 509 g/mol. The molecule has 1 aromatic carbocycles. The van der Waals surface area contributed by atoms with Crippen LogP contribution in [0.15, 0.2) is 23.0 Å². The number of benzene rings is 1. The van der Waals surface area contributed by atoms with E-state index in [1.165, 1.54) is 22.9 Å². The second-order valence-corrected chi connectivity index (χ2v) is 13.1. The van der Waals surface area contributed by atoms with Crippen LogP contribution in [0.5, 0.6) is 5.75 Å². The molecule has 0 bridgehead atoms. The number of aromatic hydroxyl groups is 1. The highest BCUT2D eigenvalue weighted by molar-refractivity contribution is 7.92. The number of rotatable bonds is 7. The molecule has 3 aromatic rings. The Hall–Kier alpha value is -2.78. The minimum atomic E-state index is -3.51. The Bertz CT molecular complexity index is 1460. The van der Waals surface area contributed by atoms with E-state index in [1.807, 2.05) is 13.8 Å². The highest BCUT2D eigenvalue weighted by Gasteiger charge is 2.25. The van der Waals surface area contributed by atoms with E-state index in [-0.39, 0.29) is 39.3 Å². The van der Waals surface area contributed by atoms with E-state index in [4.69, 9.17) is 0 Å². The van der Waals surface area contributed by atoms with Crippen LogP contribution in [0.4, 0.5) is 5.69 Å². The zero-order valence-electron chi connectivity index (χ0n) is 20.2. The number of aromatic amines is 1. The van der Waals surface area contributed by atoms with Crippen LogP contribution in [0.25, 0.3) is 22.0 Å². The van der Waals surface area contributed by atoms with Crippen LogP contribution >= 0.6 is 7.57 Å². The van der Waals surface area contributed by atoms with Gasteiger partial charge in [0, 0.05) is 12.6 Å². The summed E-state index contributed by atoms with van der Waals surface area (Å²) in [5.74, 6) is -0.102. The highest BCUT2D eigenvalue weighted by atomic mass is 32.2. The van der Waals surface area contributed by atoms with Crippen molar-refractivity contribution in [2.45, 2.75) is 54.0 Å². The lowest BCUT2D eigenvalue weighted by molar-refractivity contribution is 0.332. The zero-order chi connectivity index (χ0) is 25.4. The van der Waals surface area contributed by atoms with Gasteiger partial charge < -0.3 is 5.11 Å².